The Morgan fingerprint density at radius 1 is 1.43 bits per heavy atom. The van der Waals surface area contributed by atoms with E-state index in [1.807, 2.05) is 0 Å². The van der Waals surface area contributed by atoms with Crippen LogP contribution in [-0.2, 0) is 0 Å². The lowest BCUT2D eigenvalue weighted by molar-refractivity contribution is -0.385. The summed E-state index contributed by atoms with van der Waals surface area (Å²) in [6.45, 7) is 1.75. The lowest BCUT2D eigenvalue weighted by Gasteiger charge is -2.08. The van der Waals surface area contributed by atoms with Gasteiger partial charge >= 0.3 is 5.97 Å². The molecular formula is C13H9FN2O5. The first-order chi connectivity index (χ1) is 9.88. The Hall–Kier alpha value is -3.03. The number of hydrogen-bond donors (Lipinski definition) is 1. The van der Waals surface area contributed by atoms with Gasteiger partial charge in [0.2, 0.25) is 0 Å². The molecule has 7 nitrogen and oxygen atoms in total. The zero-order valence-corrected chi connectivity index (χ0v) is 10.7. The number of hydrogen-bond acceptors (Lipinski definition) is 5. The second-order valence-electron chi connectivity index (χ2n) is 4.10. The zero-order valence-electron chi connectivity index (χ0n) is 10.7. The molecule has 0 fully saturated rings. The smallest absolute Gasteiger partial charge is 0.342 e. The van der Waals surface area contributed by atoms with Crippen molar-refractivity contribution in [2.75, 3.05) is 0 Å². The number of pyridine rings is 1. The molecule has 0 saturated heterocycles. The van der Waals surface area contributed by atoms with Gasteiger partial charge in [-0.05, 0) is 19.1 Å². The molecular weight excluding hydrogens is 283 g/mol. The number of aromatic nitrogens is 1. The number of nitrogens with zero attached hydrogens (tertiary/aromatic N) is 2. The van der Waals surface area contributed by atoms with Gasteiger partial charge < -0.3 is 9.84 Å². The van der Waals surface area contributed by atoms with Gasteiger partial charge in [0, 0.05) is 11.8 Å². The molecule has 108 valence electrons. The Bertz CT molecular complexity index is 715. The predicted molar refractivity (Wildman–Crippen MR) is 69.1 cm³/mol. The first kappa shape index (κ1) is 14.4. The van der Waals surface area contributed by atoms with E-state index < -0.39 is 33.7 Å². The molecule has 0 bridgehead atoms. The minimum absolute atomic E-state index is 0.185. The second-order valence-corrected chi connectivity index (χ2v) is 4.10. The minimum Gasteiger partial charge on any atom is -0.477 e. The van der Waals surface area contributed by atoms with Crippen LogP contribution in [0.2, 0.25) is 0 Å². The maximum Gasteiger partial charge on any atom is 0.342 e. The van der Waals surface area contributed by atoms with Crippen LogP contribution in [0.5, 0.6) is 11.5 Å². The summed E-state index contributed by atoms with van der Waals surface area (Å²) in [5, 5.41) is 19.6. The normalized spacial score (nSPS) is 10.2. The van der Waals surface area contributed by atoms with Gasteiger partial charge in [0.1, 0.15) is 11.3 Å². The molecule has 1 N–H and O–H groups in total. The molecule has 1 aromatic heterocycles. The van der Waals surface area contributed by atoms with Crippen LogP contribution in [0.3, 0.4) is 0 Å². The van der Waals surface area contributed by atoms with Gasteiger partial charge in [-0.1, -0.05) is 0 Å². The first-order valence-corrected chi connectivity index (χ1v) is 5.70. The Balaban J connectivity index is 2.44. The highest BCUT2D eigenvalue weighted by Gasteiger charge is 2.24. The highest BCUT2D eigenvalue weighted by molar-refractivity contribution is 5.92. The molecule has 21 heavy (non-hydrogen) atoms. The minimum atomic E-state index is -1.55. The number of halogens is 1. The highest BCUT2D eigenvalue weighted by atomic mass is 19.1. The van der Waals surface area contributed by atoms with Crippen LogP contribution in [0, 0.1) is 22.9 Å². The van der Waals surface area contributed by atoms with E-state index >= 15 is 0 Å². The van der Waals surface area contributed by atoms with Gasteiger partial charge in [-0.2, -0.15) is 0 Å². The average molecular weight is 292 g/mol. The number of carbonyl (C=O) groups is 1. The Morgan fingerprint density at radius 2 is 2.14 bits per heavy atom. The summed E-state index contributed by atoms with van der Waals surface area (Å²) < 4.78 is 18.9. The van der Waals surface area contributed by atoms with Crippen molar-refractivity contribution in [3.8, 4) is 11.5 Å². The third-order valence-electron chi connectivity index (χ3n) is 2.59. The molecule has 0 radical (unpaired) electrons. The molecule has 0 amide bonds. The monoisotopic (exact) mass is 292 g/mol. The Morgan fingerprint density at radius 3 is 2.67 bits per heavy atom. The van der Waals surface area contributed by atoms with Crippen LogP contribution in [0.4, 0.5) is 10.1 Å². The molecule has 0 aliphatic rings. The molecule has 1 heterocycles. The van der Waals surface area contributed by atoms with E-state index in [0.717, 1.165) is 11.8 Å². The molecule has 0 aliphatic carbocycles. The number of carboxylic acid groups (broad SMARTS) is 1. The van der Waals surface area contributed by atoms with Gasteiger partial charge in [0.15, 0.2) is 11.6 Å². The molecule has 1 aromatic carbocycles. The topological polar surface area (TPSA) is 103 Å². The van der Waals surface area contributed by atoms with Crippen LogP contribution < -0.4 is 4.74 Å². The molecule has 0 saturated carbocycles. The molecule has 0 spiro atoms. The van der Waals surface area contributed by atoms with Crippen LogP contribution in [0.25, 0.3) is 0 Å². The van der Waals surface area contributed by atoms with Crippen LogP contribution in [0.1, 0.15) is 16.1 Å². The van der Waals surface area contributed by atoms with Crippen molar-refractivity contribution in [2.45, 2.75) is 6.92 Å². The number of aromatic carboxylic acids is 1. The summed E-state index contributed by atoms with van der Waals surface area (Å²) in [5.74, 6) is -2.82. The SMILES string of the molecule is Cc1ccc(Oc2cc(C(=O)O)c([N+](=O)[O-])cc2F)cn1. The summed E-state index contributed by atoms with van der Waals surface area (Å²) in [4.78, 5) is 24.7. The van der Waals surface area contributed by atoms with Crippen molar-refractivity contribution in [3.63, 3.8) is 0 Å². The lowest BCUT2D eigenvalue weighted by Crippen LogP contribution is -2.04. The fourth-order valence-corrected chi connectivity index (χ4v) is 1.59. The van der Waals surface area contributed by atoms with Crippen molar-refractivity contribution in [1.29, 1.82) is 0 Å². The number of aryl methyl sites for hydroxylation is 1. The number of benzene rings is 1. The fourth-order valence-electron chi connectivity index (χ4n) is 1.59. The Kier molecular flexibility index (Phi) is 3.79. The quantitative estimate of drug-likeness (QED) is 0.686. The average Bonchev–Trinajstić information content (AvgIpc) is 2.42. The van der Waals surface area contributed by atoms with Gasteiger partial charge in [-0.15, -0.1) is 0 Å². The van der Waals surface area contributed by atoms with Gasteiger partial charge in [0.25, 0.3) is 5.69 Å². The van der Waals surface area contributed by atoms with Gasteiger partial charge in [-0.25, -0.2) is 9.18 Å². The van der Waals surface area contributed by atoms with Crippen molar-refractivity contribution in [3.05, 3.63) is 57.7 Å². The standard InChI is InChI=1S/C13H9FN2O5/c1-7-2-3-8(6-15-7)21-12-4-9(13(17)18)11(16(19)20)5-10(12)14/h2-6H,1H3,(H,17,18). The van der Waals surface area contributed by atoms with E-state index in [2.05, 4.69) is 4.98 Å². The maximum absolute atomic E-state index is 13.8. The first-order valence-electron chi connectivity index (χ1n) is 5.70. The zero-order chi connectivity index (χ0) is 15.6. The van der Waals surface area contributed by atoms with Crippen molar-refractivity contribution >= 4 is 11.7 Å². The van der Waals surface area contributed by atoms with Gasteiger partial charge in [0.05, 0.1) is 17.2 Å². The summed E-state index contributed by atoms with van der Waals surface area (Å²) in [7, 11) is 0. The summed E-state index contributed by atoms with van der Waals surface area (Å²) in [6.07, 6.45) is 1.33. The largest absolute Gasteiger partial charge is 0.477 e. The highest BCUT2D eigenvalue weighted by Crippen LogP contribution is 2.30. The molecule has 0 aliphatic heterocycles. The van der Waals surface area contributed by atoms with Crippen LogP contribution >= 0.6 is 0 Å². The van der Waals surface area contributed by atoms with E-state index in [0.29, 0.717) is 6.07 Å². The fraction of sp³-hybridized carbons (Fsp3) is 0.0769. The molecule has 0 unspecified atom stereocenters. The van der Waals surface area contributed by atoms with Crippen molar-refractivity contribution in [2.24, 2.45) is 0 Å². The van der Waals surface area contributed by atoms with E-state index in [9.17, 15) is 19.3 Å². The van der Waals surface area contributed by atoms with Crippen LogP contribution in [-0.4, -0.2) is 21.0 Å². The van der Waals surface area contributed by atoms with E-state index in [1.54, 1.807) is 13.0 Å². The maximum atomic E-state index is 13.8. The lowest BCUT2D eigenvalue weighted by atomic mass is 10.1. The molecule has 0 atom stereocenters. The van der Waals surface area contributed by atoms with Crippen LogP contribution in [0.15, 0.2) is 30.5 Å². The molecule has 2 rings (SSSR count). The molecule has 2 aromatic rings. The third kappa shape index (κ3) is 3.11. The number of nitro benzene ring substituents is 1. The van der Waals surface area contributed by atoms with Crippen molar-refractivity contribution in [1.82, 2.24) is 4.98 Å². The summed E-state index contributed by atoms with van der Waals surface area (Å²) >= 11 is 0. The summed E-state index contributed by atoms with van der Waals surface area (Å²) in [6, 6.07) is 4.43. The summed E-state index contributed by atoms with van der Waals surface area (Å²) in [5.41, 5.74) is -0.774. The number of nitro groups is 1. The number of carboxylic acids is 1. The second kappa shape index (κ2) is 5.53. The number of ether oxygens (including phenoxy) is 1. The van der Waals surface area contributed by atoms with Gasteiger partial charge in [-0.3, -0.25) is 15.1 Å². The molecule has 8 heteroatoms. The van der Waals surface area contributed by atoms with E-state index in [-0.39, 0.29) is 5.75 Å². The predicted octanol–water partition coefficient (Wildman–Crippen LogP) is 2.93. The Labute approximate surface area is 117 Å². The van der Waals surface area contributed by atoms with E-state index in [4.69, 9.17) is 9.84 Å². The van der Waals surface area contributed by atoms with E-state index in [1.165, 1.54) is 12.3 Å². The van der Waals surface area contributed by atoms with Crippen molar-refractivity contribution < 1.29 is 24.0 Å². The third-order valence-corrected chi connectivity index (χ3v) is 2.59. The number of rotatable bonds is 4.